The number of carbonyl (C=O) groups excluding carboxylic acids is 1. The van der Waals surface area contributed by atoms with E-state index in [0.29, 0.717) is 17.0 Å². The number of thiophene rings is 1. The molecule has 0 saturated heterocycles. The number of nitrogens with one attached hydrogen (secondary N) is 1. The quantitative estimate of drug-likeness (QED) is 0.689. The molecule has 0 aliphatic heterocycles. The molecule has 0 atom stereocenters. The monoisotopic (exact) mass is 397 g/mol. The van der Waals surface area contributed by atoms with E-state index in [1.165, 1.54) is 23.5 Å². The zero-order valence-electron chi connectivity index (χ0n) is 13.8. The summed E-state index contributed by atoms with van der Waals surface area (Å²) in [7, 11) is 0. The smallest absolute Gasteiger partial charge is 0.354 e. The Bertz CT molecular complexity index is 961. The molecular formula is C16H14F3N5O2S. The second-order valence-corrected chi connectivity index (χ2v) is 6.50. The lowest BCUT2D eigenvalue weighted by Crippen LogP contribution is -2.34. The number of hydrogen-bond donors (Lipinski definition) is 1. The van der Waals surface area contributed by atoms with Crippen molar-refractivity contribution >= 4 is 17.2 Å². The Labute approximate surface area is 155 Å². The summed E-state index contributed by atoms with van der Waals surface area (Å²) < 4.78 is 39.6. The highest BCUT2D eigenvalue weighted by Gasteiger charge is 2.29. The number of rotatable bonds is 6. The second kappa shape index (κ2) is 7.74. The lowest BCUT2D eigenvalue weighted by Gasteiger charge is -2.08. The Morgan fingerprint density at radius 2 is 1.89 bits per heavy atom. The molecule has 2 heterocycles. The van der Waals surface area contributed by atoms with Gasteiger partial charge in [0.05, 0.1) is 5.56 Å². The average molecular weight is 397 g/mol. The van der Waals surface area contributed by atoms with E-state index < -0.39 is 23.3 Å². The molecule has 0 unspecified atom stereocenters. The van der Waals surface area contributed by atoms with Gasteiger partial charge < -0.3 is 5.32 Å². The van der Waals surface area contributed by atoms with Gasteiger partial charge in [0.2, 0.25) is 5.91 Å². The summed E-state index contributed by atoms with van der Waals surface area (Å²) in [5.41, 5.74) is -0.595. The van der Waals surface area contributed by atoms with Crippen molar-refractivity contribution in [3.05, 3.63) is 63.4 Å². The molecule has 7 nitrogen and oxygen atoms in total. The summed E-state index contributed by atoms with van der Waals surface area (Å²) in [5.74, 6) is -0.442. The van der Waals surface area contributed by atoms with Crippen LogP contribution in [-0.4, -0.2) is 32.2 Å². The van der Waals surface area contributed by atoms with Crippen LogP contribution in [0.3, 0.4) is 0 Å². The van der Waals surface area contributed by atoms with E-state index in [1.807, 2.05) is 0 Å². The van der Waals surface area contributed by atoms with Gasteiger partial charge in [-0.3, -0.25) is 4.79 Å². The normalized spacial score (nSPS) is 11.5. The van der Waals surface area contributed by atoms with Crippen molar-refractivity contribution in [2.24, 2.45) is 0 Å². The van der Waals surface area contributed by atoms with Crippen LogP contribution < -0.4 is 11.0 Å². The number of nitrogens with zero attached hydrogens (tertiary/aromatic N) is 4. The molecule has 3 aromatic rings. The topological polar surface area (TPSA) is 81.8 Å². The molecule has 0 spiro atoms. The minimum absolute atomic E-state index is 0.220. The first kappa shape index (κ1) is 18.8. The Morgan fingerprint density at radius 1 is 1.15 bits per heavy atom. The van der Waals surface area contributed by atoms with Gasteiger partial charge in [-0.15, -0.1) is 11.3 Å². The largest absolute Gasteiger partial charge is 0.416 e. The second-order valence-electron chi connectivity index (χ2n) is 5.58. The van der Waals surface area contributed by atoms with Crippen LogP contribution in [0.5, 0.6) is 0 Å². The summed E-state index contributed by atoms with van der Waals surface area (Å²) in [5, 5.41) is 12.4. The van der Waals surface area contributed by atoms with E-state index in [0.717, 1.165) is 21.5 Å². The summed E-state index contributed by atoms with van der Waals surface area (Å²) in [6, 6.07) is 8.20. The molecule has 142 valence electrons. The van der Waals surface area contributed by atoms with E-state index >= 15 is 0 Å². The van der Waals surface area contributed by atoms with Crippen molar-refractivity contribution in [2.75, 3.05) is 6.54 Å². The van der Waals surface area contributed by atoms with Gasteiger partial charge in [-0.25, -0.2) is 4.79 Å². The first-order valence-electron chi connectivity index (χ1n) is 7.84. The van der Waals surface area contributed by atoms with Crippen LogP contribution in [0, 0.1) is 0 Å². The predicted molar refractivity (Wildman–Crippen MR) is 91.7 cm³/mol. The van der Waals surface area contributed by atoms with Crippen LogP contribution in [0.15, 0.2) is 46.6 Å². The van der Waals surface area contributed by atoms with Gasteiger partial charge in [0.1, 0.15) is 11.5 Å². The standard InChI is InChI=1S/C16H14F3N5O2S/c17-16(18,19)12-5-3-11(4-6-12)7-8-20-13(25)10-23-15(26)24(22-21-23)14-2-1-9-27-14/h1-6,9H,7-8,10H2,(H,20,25). The maximum absolute atomic E-state index is 12.5. The molecule has 0 bridgehead atoms. The molecule has 0 fully saturated rings. The Hall–Kier alpha value is -2.95. The minimum Gasteiger partial charge on any atom is -0.354 e. The van der Waals surface area contributed by atoms with Gasteiger partial charge >= 0.3 is 11.9 Å². The number of tetrazole rings is 1. The van der Waals surface area contributed by atoms with Crippen LogP contribution >= 0.6 is 11.3 Å². The third kappa shape index (κ3) is 4.61. The molecule has 0 radical (unpaired) electrons. The Morgan fingerprint density at radius 3 is 2.52 bits per heavy atom. The van der Waals surface area contributed by atoms with Gasteiger partial charge in [0, 0.05) is 6.54 Å². The van der Waals surface area contributed by atoms with E-state index in [-0.39, 0.29) is 13.1 Å². The maximum Gasteiger partial charge on any atom is 0.416 e. The SMILES string of the molecule is O=C(Cn1nnn(-c2cccs2)c1=O)NCCc1ccc(C(F)(F)F)cc1. The number of benzene rings is 1. The van der Waals surface area contributed by atoms with Crippen molar-refractivity contribution in [1.29, 1.82) is 0 Å². The molecule has 1 N–H and O–H groups in total. The molecule has 1 amide bonds. The number of alkyl halides is 3. The lowest BCUT2D eigenvalue weighted by atomic mass is 10.1. The molecule has 0 aliphatic rings. The summed E-state index contributed by atoms with van der Waals surface area (Å²) in [6.45, 7) is -0.0742. The van der Waals surface area contributed by atoms with Crippen LogP contribution in [0.1, 0.15) is 11.1 Å². The zero-order chi connectivity index (χ0) is 19.4. The first-order chi connectivity index (χ1) is 12.8. The van der Waals surface area contributed by atoms with Gasteiger partial charge in [-0.1, -0.05) is 12.1 Å². The summed E-state index contributed by atoms with van der Waals surface area (Å²) >= 11 is 1.31. The van der Waals surface area contributed by atoms with Crippen LogP contribution in [-0.2, 0) is 23.9 Å². The molecule has 2 aromatic heterocycles. The Kier molecular flexibility index (Phi) is 5.40. The van der Waals surface area contributed by atoms with E-state index in [1.54, 1.807) is 17.5 Å². The number of carbonyl (C=O) groups is 1. The van der Waals surface area contributed by atoms with Crippen LogP contribution in [0.2, 0.25) is 0 Å². The molecule has 11 heteroatoms. The fourth-order valence-corrected chi connectivity index (χ4v) is 2.97. The molecule has 3 rings (SSSR count). The van der Waals surface area contributed by atoms with Gasteiger partial charge in [0.15, 0.2) is 0 Å². The van der Waals surface area contributed by atoms with E-state index in [9.17, 15) is 22.8 Å². The first-order valence-corrected chi connectivity index (χ1v) is 8.72. The molecule has 27 heavy (non-hydrogen) atoms. The van der Waals surface area contributed by atoms with E-state index in [2.05, 4.69) is 15.7 Å². The van der Waals surface area contributed by atoms with Crippen LogP contribution in [0.4, 0.5) is 13.2 Å². The number of amides is 1. The predicted octanol–water partition coefficient (Wildman–Crippen LogP) is 1.87. The van der Waals surface area contributed by atoms with Crippen molar-refractivity contribution < 1.29 is 18.0 Å². The summed E-state index contributed by atoms with van der Waals surface area (Å²) in [4.78, 5) is 24.1. The number of aromatic nitrogens is 4. The fraction of sp³-hybridized carbons (Fsp3) is 0.250. The van der Waals surface area contributed by atoms with Crippen molar-refractivity contribution in [3.8, 4) is 5.00 Å². The van der Waals surface area contributed by atoms with Gasteiger partial charge in [-0.05, 0) is 52.1 Å². The third-order valence-electron chi connectivity index (χ3n) is 3.66. The van der Waals surface area contributed by atoms with Gasteiger partial charge in [0.25, 0.3) is 0 Å². The number of hydrogen-bond acceptors (Lipinski definition) is 5. The van der Waals surface area contributed by atoms with E-state index in [4.69, 9.17) is 0 Å². The zero-order valence-corrected chi connectivity index (χ0v) is 14.6. The van der Waals surface area contributed by atoms with Crippen LogP contribution in [0.25, 0.3) is 5.00 Å². The minimum atomic E-state index is -4.37. The fourth-order valence-electron chi connectivity index (χ4n) is 2.30. The highest BCUT2D eigenvalue weighted by molar-refractivity contribution is 7.12. The molecule has 0 saturated carbocycles. The third-order valence-corrected chi connectivity index (χ3v) is 4.51. The highest BCUT2D eigenvalue weighted by Crippen LogP contribution is 2.29. The number of halogens is 3. The maximum atomic E-state index is 12.5. The molecule has 1 aromatic carbocycles. The van der Waals surface area contributed by atoms with Crippen molar-refractivity contribution in [3.63, 3.8) is 0 Å². The lowest BCUT2D eigenvalue weighted by molar-refractivity contribution is -0.137. The van der Waals surface area contributed by atoms with Gasteiger partial charge in [-0.2, -0.15) is 22.5 Å². The Balaban J connectivity index is 1.51. The average Bonchev–Trinajstić information content (AvgIpc) is 3.25. The molecular weight excluding hydrogens is 383 g/mol. The van der Waals surface area contributed by atoms with Crippen molar-refractivity contribution in [1.82, 2.24) is 25.1 Å². The van der Waals surface area contributed by atoms with Crippen molar-refractivity contribution in [2.45, 2.75) is 19.1 Å². The summed E-state index contributed by atoms with van der Waals surface area (Å²) in [6.07, 6.45) is -4.01. The highest BCUT2D eigenvalue weighted by atomic mass is 32.1. The molecule has 0 aliphatic carbocycles.